The average molecular weight is 471 g/mol. The van der Waals surface area contributed by atoms with Gasteiger partial charge < -0.3 is 43.6 Å². The van der Waals surface area contributed by atoms with E-state index in [1.807, 2.05) is 0 Å². The third-order valence-electron chi connectivity index (χ3n) is 5.43. The van der Waals surface area contributed by atoms with Crippen molar-refractivity contribution in [2.45, 2.75) is 76.0 Å². The van der Waals surface area contributed by atoms with Crippen LogP contribution >= 0.6 is 0 Å². The fourth-order valence-electron chi connectivity index (χ4n) is 3.60. The lowest BCUT2D eigenvalue weighted by Gasteiger charge is -2.27. The minimum Gasteiger partial charge on any atom is -0.480 e. The Morgan fingerprint density at radius 1 is 1.09 bits per heavy atom. The first-order valence-corrected chi connectivity index (χ1v) is 11.2. The SMILES string of the molecule is CC(NC(=O)C(CCCCN)NC(=O)C(N)CCCN=C(N)N)C(=O)N1CCCC1C(=O)O. The van der Waals surface area contributed by atoms with Gasteiger partial charge in [0.2, 0.25) is 17.7 Å². The van der Waals surface area contributed by atoms with Crippen molar-refractivity contribution in [3.8, 4) is 0 Å². The second-order valence-corrected chi connectivity index (χ2v) is 8.16. The fraction of sp³-hybridized carbons (Fsp3) is 0.750. The summed E-state index contributed by atoms with van der Waals surface area (Å²) >= 11 is 0. The van der Waals surface area contributed by atoms with E-state index in [2.05, 4.69) is 15.6 Å². The Kier molecular flexibility index (Phi) is 12.1. The number of carboxylic acid groups (broad SMARTS) is 1. The molecule has 0 aromatic carbocycles. The first-order valence-electron chi connectivity index (χ1n) is 11.2. The monoisotopic (exact) mass is 470 g/mol. The van der Waals surface area contributed by atoms with Crippen LogP contribution in [0.4, 0.5) is 0 Å². The molecule has 1 aliphatic rings. The molecule has 4 atom stereocenters. The van der Waals surface area contributed by atoms with Gasteiger partial charge in [0.15, 0.2) is 5.96 Å². The van der Waals surface area contributed by atoms with Gasteiger partial charge in [-0.25, -0.2) is 4.79 Å². The number of carbonyl (C=O) groups excluding carboxylic acids is 3. The molecule has 0 bridgehead atoms. The number of nitrogens with zero attached hydrogens (tertiary/aromatic N) is 2. The van der Waals surface area contributed by atoms with Crippen LogP contribution in [0.1, 0.15) is 51.9 Å². The topological polar surface area (TPSA) is 232 Å². The number of amides is 3. The zero-order chi connectivity index (χ0) is 25.0. The van der Waals surface area contributed by atoms with Crippen molar-refractivity contribution < 1.29 is 24.3 Å². The van der Waals surface area contributed by atoms with Gasteiger partial charge in [0.05, 0.1) is 6.04 Å². The highest BCUT2D eigenvalue weighted by Gasteiger charge is 2.36. The van der Waals surface area contributed by atoms with E-state index in [9.17, 15) is 24.3 Å². The number of aliphatic carboxylic acids is 1. The molecule has 13 heteroatoms. The van der Waals surface area contributed by atoms with E-state index >= 15 is 0 Å². The van der Waals surface area contributed by atoms with Crippen molar-refractivity contribution in [1.29, 1.82) is 0 Å². The number of aliphatic imine (C=N–C) groups is 1. The summed E-state index contributed by atoms with van der Waals surface area (Å²) in [5.74, 6) is -2.63. The minimum atomic E-state index is -1.07. The number of hydrogen-bond acceptors (Lipinski definition) is 7. The Bertz CT molecular complexity index is 713. The van der Waals surface area contributed by atoms with Crippen LogP contribution in [-0.2, 0) is 19.2 Å². The summed E-state index contributed by atoms with van der Waals surface area (Å²) < 4.78 is 0. The summed E-state index contributed by atoms with van der Waals surface area (Å²) in [7, 11) is 0. The Morgan fingerprint density at radius 3 is 2.39 bits per heavy atom. The zero-order valence-corrected chi connectivity index (χ0v) is 19.2. The molecular formula is C20H38N8O5. The average Bonchev–Trinajstić information content (AvgIpc) is 3.25. The van der Waals surface area contributed by atoms with Crippen LogP contribution in [0.15, 0.2) is 4.99 Å². The number of hydrogen-bond donors (Lipinski definition) is 7. The molecule has 1 aliphatic heterocycles. The van der Waals surface area contributed by atoms with Crippen LogP contribution < -0.4 is 33.6 Å². The van der Waals surface area contributed by atoms with Crippen molar-refractivity contribution in [1.82, 2.24) is 15.5 Å². The highest BCUT2D eigenvalue weighted by atomic mass is 16.4. The van der Waals surface area contributed by atoms with E-state index in [-0.39, 0.29) is 5.96 Å². The van der Waals surface area contributed by atoms with Crippen molar-refractivity contribution in [2.75, 3.05) is 19.6 Å². The number of carboxylic acids is 1. The van der Waals surface area contributed by atoms with Crippen molar-refractivity contribution in [2.24, 2.45) is 27.9 Å². The van der Waals surface area contributed by atoms with Crippen LogP contribution in [0, 0.1) is 0 Å². The number of nitrogens with two attached hydrogens (primary N) is 4. The Hall–Kier alpha value is -2.93. The second kappa shape index (κ2) is 14.3. The number of nitrogens with one attached hydrogen (secondary N) is 2. The summed E-state index contributed by atoms with van der Waals surface area (Å²) in [6, 6.07) is -3.60. The number of unbranched alkanes of at least 4 members (excludes halogenated alkanes) is 1. The number of likely N-dealkylation sites (tertiary alicyclic amines) is 1. The largest absolute Gasteiger partial charge is 0.480 e. The number of carbonyl (C=O) groups is 4. The quantitative estimate of drug-likeness (QED) is 0.0810. The molecule has 13 nitrogen and oxygen atoms in total. The van der Waals surface area contributed by atoms with Crippen LogP contribution in [0.5, 0.6) is 0 Å². The molecule has 0 radical (unpaired) electrons. The predicted octanol–water partition coefficient (Wildman–Crippen LogP) is -2.44. The third kappa shape index (κ3) is 9.61. The molecule has 0 spiro atoms. The van der Waals surface area contributed by atoms with E-state index in [0.717, 1.165) is 0 Å². The lowest BCUT2D eigenvalue weighted by molar-refractivity contribution is -0.149. The molecule has 1 fully saturated rings. The van der Waals surface area contributed by atoms with E-state index < -0.39 is 47.9 Å². The molecule has 11 N–H and O–H groups in total. The molecule has 1 rings (SSSR count). The summed E-state index contributed by atoms with van der Waals surface area (Å²) in [4.78, 5) is 54.5. The normalized spacial score (nSPS) is 18.2. The maximum Gasteiger partial charge on any atom is 0.326 e. The van der Waals surface area contributed by atoms with Gasteiger partial charge in [0.1, 0.15) is 18.1 Å². The second-order valence-electron chi connectivity index (χ2n) is 8.16. The van der Waals surface area contributed by atoms with Gasteiger partial charge in [-0.15, -0.1) is 0 Å². The zero-order valence-electron chi connectivity index (χ0n) is 19.2. The first-order chi connectivity index (χ1) is 15.6. The first kappa shape index (κ1) is 28.1. The molecule has 1 heterocycles. The van der Waals surface area contributed by atoms with Gasteiger partial charge in [-0.2, -0.15) is 0 Å². The molecule has 0 aliphatic carbocycles. The van der Waals surface area contributed by atoms with Gasteiger partial charge in [0.25, 0.3) is 0 Å². The Morgan fingerprint density at radius 2 is 1.79 bits per heavy atom. The highest BCUT2D eigenvalue weighted by molar-refractivity contribution is 5.94. The van der Waals surface area contributed by atoms with Gasteiger partial charge in [-0.3, -0.25) is 19.4 Å². The third-order valence-corrected chi connectivity index (χ3v) is 5.43. The number of rotatable bonds is 14. The highest BCUT2D eigenvalue weighted by Crippen LogP contribution is 2.18. The van der Waals surface area contributed by atoms with Crippen LogP contribution in [0.2, 0.25) is 0 Å². The molecule has 33 heavy (non-hydrogen) atoms. The minimum absolute atomic E-state index is 0.0445. The smallest absolute Gasteiger partial charge is 0.326 e. The van der Waals surface area contributed by atoms with E-state index in [1.54, 1.807) is 0 Å². The van der Waals surface area contributed by atoms with E-state index in [4.69, 9.17) is 22.9 Å². The van der Waals surface area contributed by atoms with Crippen LogP contribution in [-0.4, -0.2) is 83.5 Å². The molecule has 0 aromatic heterocycles. The molecule has 4 unspecified atom stereocenters. The Labute approximate surface area is 193 Å². The predicted molar refractivity (Wildman–Crippen MR) is 123 cm³/mol. The molecule has 0 saturated carbocycles. The van der Waals surface area contributed by atoms with E-state index in [0.29, 0.717) is 64.6 Å². The maximum absolute atomic E-state index is 12.8. The van der Waals surface area contributed by atoms with Crippen molar-refractivity contribution in [3.05, 3.63) is 0 Å². The standard InChI is InChI=1S/C20H38N8O5/c1-12(18(31)28-11-5-8-15(28)19(32)33)26-17(30)14(7-2-3-9-21)27-16(29)13(22)6-4-10-25-20(23)24/h12-15H,2-11,21-22H2,1H3,(H,26,30)(H,27,29)(H,32,33)(H4,23,24,25). The van der Waals surface area contributed by atoms with Crippen molar-refractivity contribution >= 4 is 29.7 Å². The fourth-order valence-corrected chi connectivity index (χ4v) is 3.60. The summed E-state index contributed by atoms with van der Waals surface area (Å²) in [5, 5.41) is 14.5. The molecule has 0 aromatic rings. The number of guanidine groups is 1. The maximum atomic E-state index is 12.8. The van der Waals surface area contributed by atoms with Gasteiger partial charge >= 0.3 is 5.97 Å². The van der Waals surface area contributed by atoms with Gasteiger partial charge in [-0.05, 0) is 58.4 Å². The van der Waals surface area contributed by atoms with Gasteiger partial charge in [0, 0.05) is 13.1 Å². The van der Waals surface area contributed by atoms with E-state index in [1.165, 1.54) is 11.8 Å². The van der Waals surface area contributed by atoms with Crippen molar-refractivity contribution in [3.63, 3.8) is 0 Å². The summed E-state index contributed by atoms with van der Waals surface area (Å²) in [6.45, 7) is 2.58. The van der Waals surface area contributed by atoms with Crippen LogP contribution in [0.25, 0.3) is 0 Å². The molecule has 188 valence electrons. The molecular weight excluding hydrogens is 432 g/mol. The van der Waals surface area contributed by atoms with Crippen LogP contribution in [0.3, 0.4) is 0 Å². The molecule has 3 amide bonds. The Balaban J connectivity index is 2.71. The summed E-state index contributed by atoms with van der Waals surface area (Å²) in [5.41, 5.74) is 22.0. The van der Waals surface area contributed by atoms with Gasteiger partial charge in [-0.1, -0.05) is 0 Å². The lowest BCUT2D eigenvalue weighted by Crippen LogP contribution is -2.56. The lowest BCUT2D eigenvalue weighted by atomic mass is 10.1. The summed E-state index contributed by atoms with van der Waals surface area (Å²) in [6.07, 6.45) is 3.33. The molecule has 1 saturated heterocycles.